The second kappa shape index (κ2) is 9.46. The molecule has 0 saturated carbocycles. The Labute approximate surface area is 170 Å². The van der Waals surface area contributed by atoms with Crippen LogP contribution in [0.4, 0.5) is 0 Å². The van der Waals surface area contributed by atoms with E-state index < -0.39 is 0 Å². The first-order chi connectivity index (χ1) is 13.6. The lowest BCUT2D eigenvalue weighted by atomic mass is 10.2. The number of aliphatic imine (C=N–C) groups is 1. The van der Waals surface area contributed by atoms with Crippen LogP contribution in [0.3, 0.4) is 0 Å². The zero-order valence-corrected chi connectivity index (χ0v) is 17.3. The Hall–Kier alpha value is -2.73. The number of methoxy groups -OCH3 is 1. The summed E-state index contributed by atoms with van der Waals surface area (Å²) in [5.74, 6) is 2.56. The minimum atomic E-state index is 0.602. The number of aromatic nitrogens is 2. The van der Waals surface area contributed by atoms with Gasteiger partial charge in [-0.25, -0.2) is 4.98 Å². The van der Waals surface area contributed by atoms with Gasteiger partial charge in [-0.3, -0.25) is 4.99 Å². The summed E-state index contributed by atoms with van der Waals surface area (Å²) in [6.45, 7) is 4.36. The van der Waals surface area contributed by atoms with E-state index in [0.717, 1.165) is 48.1 Å². The minimum absolute atomic E-state index is 0.602. The van der Waals surface area contributed by atoms with Crippen molar-refractivity contribution in [3.8, 4) is 5.75 Å². The number of hydrogen-bond donors (Lipinski definition) is 2. The van der Waals surface area contributed by atoms with E-state index in [1.165, 1.54) is 5.52 Å². The molecule has 1 heterocycles. The van der Waals surface area contributed by atoms with Crippen LogP contribution in [-0.4, -0.2) is 36.2 Å². The first-order valence-corrected chi connectivity index (χ1v) is 9.69. The number of aryl methyl sites for hydroxylation is 2. The van der Waals surface area contributed by atoms with Gasteiger partial charge in [0.1, 0.15) is 11.6 Å². The quantitative estimate of drug-likeness (QED) is 0.360. The summed E-state index contributed by atoms with van der Waals surface area (Å²) in [7, 11) is 3.41. The molecule has 0 spiro atoms. The van der Waals surface area contributed by atoms with Crippen molar-refractivity contribution < 1.29 is 4.74 Å². The maximum absolute atomic E-state index is 6.02. The minimum Gasteiger partial charge on any atom is -0.496 e. The molecule has 0 saturated heterocycles. The Morgan fingerprint density at radius 2 is 2.04 bits per heavy atom. The fourth-order valence-electron chi connectivity index (χ4n) is 3.19. The van der Waals surface area contributed by atoms with Gasteiger partial charge in [0.2, 0.25) is 0 Å². The molecule has 3 aromatic rings. The second-order valence-corrected chi connectivity index (χ2v) is 6.90. The molecule has 3 rings (SSSR count). The number of fused-ring (bicyclic) bond motifs is 1. The molecule has 0 bridgehead atoms. The zero-order chi connectivity index (χ0) is 19.9. The van der Waals surface area contributed by atoms with Gasteiger partial charge in [0.25, 0.3) is 0 Å². The zero-order valence-electron chi connectivity index (χ0n) is 16.5. The topological polar surface area (TPSA) is 63.5 Å². The lowest BCUT2D eigenvalue weighted by Gasteiger charge is -2.14. The number of ether oxygens (including phenoxy) is 1. The van der Waals surface area contributed by atoms with Crippen molar-refractivity contribution in [1.29, 1.82) is 0 Å². The maximum atomic E-state index is 6.02. The van der Waals surface area contributed by atoms with Crippen molar-refractivity contribution in [3.05, 3.63) is 58.9 Å². The molecule has 0 aliphatic carbocycles. The molecule has 0 aliphatic rings. The first kappa shape index (κ1) is 20.0. The Morgan fingerprint density at radius 1 is 1.21 bits per heavy atom. The number of rotatable bonds is 7. The van der Waals surface area contributed by atoms with Crippen LogP contribution in [0.25, 0.3) is 11.0 Å². The molecule has 0 atom stereocenters. The van der Waals surface area contributed by atoms with Crippen molar-refractivity contribution in [1.82, 2.24) is 20.2 Å². The standard InChI is InChI=1S/C21H26ClN5O/c1-15-26-18-7-4-5-8-19(18)27(15)12-6-11-24-21(23-2)25-14-16-9-10-17(22)13-20(16)28-3/h4-5,7-10,13H,6,11-12,14H2,1-3H3,(H2,23,24,25). The fourth-order valence-corrected chi connectivity index (χ4v) is 3.35. The summed E-state index contributed by atoms with van der Waals surface area (Å²) in [6.07, 6.45) is 0.964. The van der Waals surface area contributed by atoms with Crippen LogP contribution in [-0.2, 0) is 13.1 Å². The van der Waals surface area contributed by atoms with Crippen LogP contribution in [0.15, 0.2) is 47.5 Å². The monoisotopic (exact) mass is 399 g/mol. The second-order valence-electron chi connectivity index (χ2n) is 6.46. The summed E-state index contributed by atoms with van der Waals surface area (Å²) in [5.41, 5.74) is 3.25. The Kier molecular flexibility index (Phi) is 6.76. The number of para-hydroxylation sites is 2. The molecule has 148 valence electrons. The molecule has 0 radical (unpaired) electrons. The Morgan fingerprint density at radius 3 is 2.82 bits per heavy atom. The lowest BCUT2D eigenvalue weighted by molar-refractivity contribution is 0.409. The molecule has 6 nitrogen and oxygen atoms in total. The molecule has 2 N–H and O–H groups in total. The molecule has 0 aliphatic heterocycles. The highest BCUT2D eigenvalue weighted by Gasteiger charge is 2.07. The molecule has 7 heteroatoms. The predicted molar refractivity (Wildman–Crippen MR) is 115 cm³/mol. The molecular weight excluding hydrogens is 374 g/mol. The Balaban J connectivity index is 1.50. The van der Waals surface area contributed by atoms with Crippen LogP contribution in [0.2, 0.25) is 5.02 Å². The maximum Gasteiger partial charge on any atom is 0.191 e. The van der Waals surface area contributed by atoms with Crippen molar-refractivity contribution in [2.75, 3.05) is 20.7 Å². The van der Waals surface area contributed by atoms with Crippen molar-refractivity contribution >= 4 is 28.6 Å². The van der Waals surface area contributed by atoms with Gasteiger partial charge in [-0.15, -0.1) is 0 Å². The average molecular weight is 400 g/mol. The number of benzene rings is 2. The van der Waals surface area contributed by atoms with Gasteiger partial charge in [0.15, 0.2) is 5.96 Å². The van der Waals surface area contributed by atoms with Crippen molar-refractivity contribution in [3.63, 3.8) is 0 Å². The largest absolute Gasteiger partial charge is 0.496 e. The lowest BCUT2D eigenvalue weighted by Crippen LogP contribution is -2.37. The summed E-state index contributed by atoms with van der Waals surface area (Å²) in [5, 5.41) is 7.33. The average Bonchev–Trinajstić information content (AvgIpc) is 3.03. The highest BCUT2D eigenvalue weighted by atomic mass is 35.5. The van der Waals surface area contributed by atoms with Crippen LogP contribution in [0, 0.1) is 6.92 Å². The summed E-state index contributed by atoms with van der Waals surface area (Å²) in [6, 6.07) is 13.9. The van der Waals surface area contributed by atoms with Gasteiger partial charge in [0, 0.05) is 37.3 Å². The van der Waals surface area contributed by atoms with Gasteiger partial charge in [0.05, 0.1) is 18.1 Å². The van der Waals surface area contributed by atoms with Crippen molar-refractivity contribution in [2.45, 2.75) is 26.4 Å². The number of halogens is 1. The number of imidazole rings is 1. The summed E-state index contributed by atoms with van der Waals surface area (Å²) in [4.78, 5) is 8.90. The van der Waals surface area contributed by atoms with E-state index in [-0.39, 0.29) is 0 Å². The smallest absolute Gasteiger partial charge is 0.191 e. The highest BCUT2D eigenvalue weighted by molar-refractivity contribution is 6.30. The van der Waals surface area contributed by atoms with Crippen LogP contribution in [0.5, 0.6) is 5.75 Å². The van der Waals surface area contributed by atoms with Gasteiger partial charge >= 0.3 is 0 Å². The van der Waals surface area contributed by atoms with E-state index in [0.29, 0.717) is 11.6 Å². The molecule has 0 unspecified atom stereocenters. The van der Waals surface area contributed by atoms with E-state index in [2.05, 4.69) is 37.3 Å². The van der Waals surface area contributed by atoms with E-state index in [4.69, 9.17) is 16.3 Å². The molecular formula is C21H26ClN5O. The molecule has 0 amide bonds. The third-order valence-electron chi connectivity index (χ3n) is 4.62. The fraction of sp³-hybridized carbons (Fsp3) is 0.333. The predicted octanol–water partition coefficient (Wildman–Crippen LogP) is 3.76. The molecule has 2 aromatic carbocycles. The number of nitrogens with zero attached hydrogens (tertiary/aromatic N) is 3. The third kappa shape index (κ3) is 4.75. The van der Waals surface area contributed by atoms with Gasteiger partial charge in [-0.2, -0.15) is 0 Å². The molecule has 28 heavy (non-hydrogen) atoms. The van der Waals surface area contributed by atoms with Crippen LogP contribution >= 0.6 is 11.6 Å². The summed E-state index contributed by atoms with van der Waals surface area (Å²) >= 11 is 6.02. The van der Waals surface area contributed by atoms with E-state index in [1.54, 1.807) is 14.2 Å². The van der Waals surface area contributed by atoms with Gasteiger partial charge < -0.3 is 19.9 Å². The third-order valence-corrected chi connectivity index (χ3v) is 4.85. The number of nitrogens with one attached hydrogen (secondary N) is 2. The van der Waals surface area contributed by atoms with Crippen LogP contribution in [0.1, 0.15) is 17.8 Å². The van der Waals surface area contributed by atoms with E-state index >= 15 is 0 Å². The van der Waals surface area contributed by atoms with Gasteiger partial charge in [-0.1, -0.05) is 29.8 Å². The SMILES string of the molecule is CN=C(NCCCn1c(C)nc2ccccc21)NCc1ccc(Cl)cc1OC. The molecule has 1 aromatic heterocycles. The summed E-state index contributed by atoms with van der Waals surface area (Å²) < 4.78 is 7.64. The Bertz CT molecular complexity index is 967. The number of guanidine groups is 1. The normalized spacial score (nSPS) is 11.6. The van der Waals surface area contributed by atoms with Crippen LogP contribution < -0.4 is 15.4 Å². The van der Waals surface area contributed by atoms with E-state index in [9.17, 15) is 0 Å². The highest BCUT2D eigenvalue weighted by Crippen LogP contribution is 2.22. The first-order valence-electron chi connectivity index (χ1n) is 9.31. The van der Waals surface area contributed by atoms with Crippen molar-refractivity contribution in [2.24, 2.45) is 4.99 Å². The molecule has 0 fully saturated rings. The number of hydrogen-bond acceptors (Lipinski definition) is 3. The van der Waals surface area contributed by atoms with Gasteiger partial charge in [-0.05, 0) is 37.6 Å². The van der Waals surface area contributed by atoms with E-state index in [1.807, 2.05) is 37.3 Å².